The van der Waals surface area contributed by atoms with E-state index in [1.54, 1.807) is 4.90 Å². The van der Waals surface area contributed by atoms with E-state index in [2.05, 4.69) is 10.3 Å². The molecule has 0 saturated heterocycles. The van der Waals surface area contributed by atoms with Gasteiger partial charge in [-0.15, -0.1) is 11.3 Å². The van der Waals surface area contributed by atoms with Crippen LogP contribution in [-0.2, 0) is 4.79 Å². The van der Waals surface area contributed by atoms with Crippen molar-refractivity contribution in [2.45, 2.75) is 65.8 Å². The zero-order valence-electron chi connectivity index (χ0n) is 17.0. The van der Waals surface area contributed by atoms with Gasteiger partial charge in [-0.05, 0) is 59.9 Å². The molecule has 1 aliphatic rings. The van der Waals surface area contributed by atoms with Crippen molar-refractivity contribution in [1.29, 1.82) is 0 Å². The topological polar surface area (TPSA) is 75.2 Å². The van der Waals surface area contributed by atoms with Gasteiger partial charge in [0.2, 0.25) is 5.91 Å². The quantitative estimate of drug-likeness (QED) is 0.850. The van der Waals surface area contributed by atoms with Crippen LogP contribution in [-0.4, -0.2) is 45.3 Å². The minimum absolute atomic E-state index is 0.0538. The first-order valence-electron chi connectivity index (χ1n) is 9.48. The molecule has 1 N–H and O–H groups in total. The van der Waals surface area contributed by atoms with Crippen molar-refractivity contribution in [3.63, 3.8) is 0 Å². The number of rotatable bonds is 5. The van der Waals surface area contributed by atoms with E-state index >= 15 is 0 Å². The highest BCUT2D eigenvalue weighted by Crippen LogP contribution is 2.40. The van der Waals surface area contributed by atoms with Gasteiger partial charge in [-0.1, -0.05) is 0 Å². The van der Waals surface area contributed by atoms with Crippen LogP contribution in [0.15, 0.2) is 0 Å². The predicted molar refractivity (Wildman–Crippen MR) is 108 cm³/mol. The lowest BCUT2D eigenvalue weighted by molar-refractivity contribution is -0.123. The Bertz CT molecular complexity index is 893. The lowest BCUT2D eigenvalue weighted by Crippen LogP contribution is -2.47. The molecule has 2 heterocycles. The van der Waals surface area contributed by atoms with Crippen LogP contribution in [0.4, 0.5) is 0 Å². The Morgan fingerprint density at radius 2 is 1.89 bits per heavy atom. The van der Waals surface area contributed by atoms with Crippen LogP contribution in [0.25, 0.3) is 10.2 Å². The maximum Gasteiger partial charge on any atom is 0.264 e. The lowest BCUT2D eigenvalue weighted by atomic mass is 10.1. The predicted octanol–water partition coefficient (Wildman–Crippen LogP) is 3.56. The highest BCUT2D eigenvalue weighted by molar-refractivity contribution is 7.20. The van der Waals surface area contributed by atoms with E-state index in [0.29, 0.717) is 17.3 Å². The molecule has 2 aromatic heterocycles. The molecule has 6 nitrogen and oxygen atoms in total. The number of amides is 2. The minimum atomic E-state index is -0.320. The van der Waals surface area contributed by atoms with Crippen LogP contribution in [0.1, 0.15) is 73.2 Å². The number of aryl methyl sites for hydroxylation is 2. The fourth-order valence-corrected chi connectivity index (χ4v) is 4.40. The number of hydrogen-bond donors (Lipinski definition) is 1. The number of nitrogens with one attached hydrogen (secondary N) is 1. The van der Waals surface area contributed by atoms with Crippen molar-refractivity contribution >= 4 is 33.4 Å². The molecule has 27 heavy (non-hydrogen) atoms. The smallest absolute Gasteiger partial charge is 0.264 e. The van der Waals surface area contributed by atoms with Gasteiger partial charge in [0.1, 0.15) is 10.7 Å². The summed E-state index contributed by atoms with van der Waals surface area (Å²) in [6, 6.07) is 0. The number of carbonyl (C=O) groups is 2. The highest BCUT2D eigenvalue weighted by Gasteiger charge is 2.29. The van der Waals surface area contributed by atoms with Gasteiger partial charge in [0.15, 0.2) is 0 Å². The average Bonchev–Trinajstić information content (AvgIpc) is 3.34. The molecule has 0 atom stereocenters. The van der Waals surface area contributed by atoms with Crippen molar-refractivity contribution in [2.24, 2.45) is 0 Å². The average molecular weight is 389 g/mol. The Morgan fingerprint density at radius 3 is 2.44 bits per heavy atom. The van der Waals surface area contributed by atoms with E-state index in [0.717, 1.165) is 40.1 Å². The minimum Gasteiger partial charge on any atom is -0.350 e. The Morgan fingerprint density at radius 1 is 1.22 bits per heavy atom. The van der Waals surface area contributed by atoms with E-state index in [4.69, 9.17) is 4.98 Å². The molecule has 1 fully saturated rings. The third-order valence-electron chi connectivity index (χ3n) is 4.64. The molecule has 1 aliphatic carbocycles. The lowest BCUT2D eigenvalue weighted by Gasteiger charge is -2.25. The van der Waals surface area contributed by atoms with Crippen LogP contribution >= 0.6 is 11.3 Å². The Labute approximate surface area is 164 Å². The van der Waals surface area contributed by atoms with Crippen LogP contribution in [0.5, 0.6) is 0 Å². The molecule has 0 unspecified atom stereocenters. The third-order valence-corrected chi connectivity index (χ3v) is 5.82. The second-order valence-electron chi connectivity index (χ2n) is 8.30. The molecular formula is C20H28N4O2S. The van der Waals surface area contributed by atoms with Gasteiger partial charge in [-0.25, -0.2) is 9.97 Å². The van der Waals surface area contributed by atoms with Gasteiger partial charge in [0.05, 0.1) is 17.1 Å². The Hall–Kier alpha value is -2.02. The SMILES string of the molecule is CCN(CC(=O)NC(C)(C)C)C(=O)c1sc2nc(C3CC3)nc(C)c2c1C. The standard InChI is InChI=1S/C20H28N4O2S/c1-7-24(10-14(25)23-20(4,5)6)19(26)16-11(2)15-12(3)21-17(13-8-9-13)22-18(15)27-16/h13H,7-10H2,1-6H3,(H,23,25). The molecule has 2 aromatic rings. The zero-order valence-corrected chi connectivity index (χ0v) is 17.8. The third kappa shape index (κ3) is 4.29. The molecule has 0 spiro atoms. The van der Waals surface area contributed by atoms with Crippen LogP contribution in [0, 0.1) is 13.8 Å². The molecule has 3 rings (SSSR count). The number of likely N-dealkylation sites (N-methyl/N-ethyl adjacent to an activating group) is 1. The Balaban J connectivity index is 1.88. The molecule has 7 heteroatoms. The van der Waals surface area contributed by atoms with Gasteiger partial charge >= 0.3 is 0 Å². The highest BCUT2D eigenvalue weighted by atomic mass is 32.1. The normalized spacial score (nSPS) is 14.4. The fourth-order valence-electron chi connectivity index (χ4n) is 3.19. The van der Waals surface area contributed by atoms with E-state index in [1.165, 1.54) is 11.3 Å². The van der Waals surface area contributed by atoms with Gasteiger partial charge in [0.25, 0.3) is 5.91 Å². The molecule has 1 saturated carbocycles. The van der Waals surface area contributed by atoms with E-state index in [9.17, 15) is 9.59 Å². The molecule has 0 aromatic carbocycles. The second-order valence-corrected chi connectivity index (χ2v) is 9.29. The van der Waals surface area contributed by atoms with E-state index in [-0.39, 0.29) is 23.9 Å². The van der Waals surface area contributed by atoms with Crippen molar-refractivity contribution in [3.05, 3.63) is 22.0 Å². The molecule has 0 radical (unpaired) electrons. The number of carbonyl (C=O) groups excluding carboxylic acids is 2. The number of fused-ring (bicyclic) bond motifs is 1. The summed E-state index contributed by atoms with van der Waals surface area (Å²) in [7, 11) is 0. The first-order valence-corrected chi connectivity index (χ1v) is 10.3. The summed E-state index contributed by atoms with van der Waals surface area (Å²) >= 11 is 1.42. The molecule has 0 aliphatic heterocycles. The summed E-state index contributed by atoms with van der Waals surface area (Å²) < 4.78 is 0. The number of aromatic nitrogens is 2. The van der Waals surface area contributed by atoms with Crippen molar-refractivity contribution in [2.75, 3.05) is 13.1 Å². The summed E-state index contributed by atoms with van der Waals surface area (Å²) in [5, 5.41) is 3.89. The first kappa shape index (κ1) is 19.7. The second kappa shape index (κ2) is 7.19. The summed E-state index contributed by atoms with van der Waals surface area (Å²) in [5.41, 5.74) is 1.52. The maximum atomic E-state index is 13.1. The van der Waals surface area contributed by atoms with Crippen molar-refractivity contribution in [1.82, 2.24) is 20.2 Å². The van der Waals surface area contributed by atoms with E-state index < -0.39 is 0 Å². The maximum absolute atomic E-state index is 13.1. The summed E-state index contributed by atoms with van der Waals surface area (Å²) in [6.45, 7) is 12.1. The van der Waals surface area contributed by atoms with Crippen LogP contribution in [0.3, 0.4) is 0 Å². The number of hydrogen-bond acceptors (Lipinski definition) is 5. The first-order chi connectivity index (χ1) is 12.6. The van der Waals surface area contributed by atoms with Crippen LogP contribution in [0.2, 0.25) is 0 Å². The van der Waals surface area contributed by atoms with Gasteiger partial charge in [-0.3, -0.25) is 9.59 Å². The van der Waals surface area contributed by atoms with Crippen molar-refractivity contribution < 1.29 is 9.59 Å². The molecular weight excluding hydrogens is 360 g/mol. The largest absolute Gasteiger partial charge is 0.350 e. The zero-order chi connectivity index (χ0) is 19.9. The van der Waals surface area contributed by atoms with E-state index in [1.807, 2.05) is 41.5 Å². The molecule has 2 amide bonds. The summed E-state index contributed by atoms with van der Waals surface area (Å²) in [5.74, 6) is 1.11. The fraction of sp³-hybridized carbons (Fsp3) is 0.600. The molecule has 0 bridgehead atoms. The molecule has 146 valence electrons. The van der Waals surface area contributed by atoms with Crippen LogP contribution < -0.4 is 5.32 Å². The van der Waals surface area contributed by atoms with Gasteiger partial charge in [0, 0.05) is 23.4 Å². The monoisotopic (exact) mass is 388 g/mol. The summed E-state index contributed by atoms with van der Waals surface area (Å²) in [4.78, 5) is 37.9. The van der Waals surface area contributed by atoms with Gasteiger partial charge in [-0.2, -0.15) is 0 Å². The number of nitrogens with zero attached hydrogens (tertiary/aromatic N) is 3. The Kier molecular flexibility index (Phi) is 5.25. The van der Waals surface area contributed by atoms with Crippen molar-refractivity contribution in [3.8, 4) is 0 Å². The summed E-state index contributed by atoms with van der Waals surface area (Å²) in [6.07, 6.45) is 2.29. The van der Waals surface area contributed by atoms with Gasteiger partial charge < -0.3 is 10.2 Å². The number of thiophene rings is 1.